The number of rotatable bonds is 7. The Balaban J connectivity index is 1.73. The van der Waals surface area contributed by atoms with Crippen LogP contribution in [0, 0.1) is 0 Å². The highest BCUT2D eigenvalue weighted by Crippen LogP contribution is 2.30. The van der Waals surface area contributed by atoms with Gasteiger partial charge in [0, 0.05) is 31.2 Å². The predicted octanol–water partition coefficient (Wildman–Crippen LogP) is 4.54. The number of fused-ring (bicyclic) bond motifs is 1. The van der Waals surface area contributed by atoms with Crippen molar-refractivity contribution in [1.82, 2.24) is 13.8 Å². The lowest BCUT2D eigenvalue weighted by Gasteiger charge is -2.20. The molecule has 2 aromatic carbocycles. The summed E-state index contributed by atoms with van der Waals surface area (Å²) < 4.78 is 34.2. The highest BCUT2D eigenvalue weighted by molar-refractivity contribution is 7.90. The van der Waals surface area contributed by atoms with E-state index in [-0.39, 0.29) is 0 Å². The molecule has 1 fully saturated rings. The van der Waals surface area contributed by atoms with Crippen molar-refractivity contribution in [2.45, 2.75) is 44.6 Å². The minimum Gasteiger partial charge on any atom is -0.497 e. The van der Waals surface area contributed by atoms with Gasteiger partial charge in [0.1, 0.15) is 5.75 Å². The van der Waals surface area contributed by atoms with Crippen LogP contribution in [0.3, 0.4) is 0 Å². The first-order valence-electron chi connectivity index (χ1n) is 11.8. The number of hydrogen-bond acceptors (Lipinski definition) is 5. The van der Waals surface area contributed by atoms with E-state index in [0.717, 1.165) is 68.0 Å². The van der Waals surface area contributed by atoms with Crippen molar-refractivity contribution < 1.29 is 13.2 Å². The van der Waals surface area contributed by atoms with Crippen molar-refractivity contribution in [3.63, 3.8) is 0 Å². The number of ether oxygens (including phenoxy) is 1. The van der Waals surface area contributed by atoms with E-state index in [1.807, 2.05) is 30.3 Å². The molecule has 6 nitrogen and oxygen atoms in total. The van der Waals surface area contributed by atoms with Gasteiger partial charge in [-0.1, -0.05) is 32.9 Å². The Morgan fingerprint density at radius 2 is 1.67 bits per heavy atom. The summed E-state index contributed by atoms with van der Waals surface area (Å²) in [6, 6.07) is 12.9. The van der Waals surface area contributed by atoms with Gasteiger partial charge in [-0.2, -0.15) is 0 Å². The molecule has 33 heavy (non-hydrogen) atoms. The zero-order valence-electron chi connectivity index (χ0n) is 20.1. The molecule has 0 amide bonds. The van der Waals surface area contributed by atoms with E-state index in [1.54, 1.807) is 25.4 Å². The van der Waals surface area contributed by atoms with E-state index >= 15 is 0 Å². The van der Waals surface area contributed by atoms with Crippen LogP contribution in [0.1, 0.15) is 44.2 Å². The van der Waals surface area contributed by atoms with E-state index in [4.69, 9.17) is 4.74 Å². The molecule has 3 aromatic rings. The van der Waals surface area contributed by atoms with Crippen molar-refractivity contribution in [2.75, 3.05) is 39.8 Å². The summed E-state index contributed by atoms with van der Waals surface area (Å²) in [5.74, 6) is 1.08. The third-order valence-corrected chi connectivity index (χ3v) is 8.37. The van der Waals surface area contributed by atoms with Crippen molar-refractivity contribution in [1.29, 1.82) is 0 Å². The van der Waals surface area contributed by atoms with Crippen molar-refractivity contribution in [2.24, 2.45) is 0 Å². The summed E-state index contributed by atoms with van der Waals surface area (Å²) in [6.07, 6.45) is 2.93. The monoisotopic (exact) mass is 469 g/mol. The molecular formula is C26H35N3O3S. The third-order valence-electron chi connectivity index (χ3n) is 6.69. The Morgan fingerprint density at radius 3 is 2.33 bits per heavy atom. The summed E-state index contributed by atoms with van der Waals surface area (Å²) in [6.45, 7) is 12.3. The van der Waals surface area contributed by atoms with Crippen LogP contribution >= 0.6 is 0 Å². The first-order chi connectivity index (χ1) is 15.8. The lowest BCUT2D eigenvalue weighted by Crippen LogP contribution is -2.30. The largest absolute Gasteiger partial charge is 0.497 e. The Hall–Kier alpha value is -2.35. The third kappa shape index (κ3) is 4.95. The van der Waals surface area contributed by atoms with Crippen LogP contribution < -0.4 is 4.74 Å². The standard InChI is InChI=1S/C26H35N3O3S/c1-5-27-13-6-14-28(16-15-27)18-22-19-29(26-12-9-23(32-4)17-25(22)26)33(30,31)24-10-7-21(8-11-24)20(2)3/h7-12,17,19-20H,5-6,13-16,18H2,1-4H3. The lowest BCUT2D eigenvalue weighted by molar-refractivity contribution is 0.258. The van der Waals surface area contributed by atoms with Gasteiger partial charge in [-0.05, 0) is 73.4 Å². The summed E-state index contributed by atoms with van der Waals surface area (Å²) in [5.41, 5.74) is 2.82. The molecule has 7 heteroatoms. The smallest absolute Gasteiger partial charge is 0.268 e. The van der Waals surface area contributed by atoms with E-state index in [1.165, 1.54) is 3.97 Å². The summed E-state index contributed by atoms with van der Waals surface area (Å²) in [7, 11) is -2.08. The number of aromatic nitrogens is 1. The van der Waals surface area contributed by atoms with Gasteiger partial charge >= 0.3 is 0 Å². The van der Waals surface area contributed by atoms with Crippen LogP contribution in [-0.4, -0.2) is 62.0 Å². The molecule has 1 aliphatic heterocycles. The SMILES string of the molecule is CCN1CCCN(Cc2cn(S(=O)(=O)c3ccc(C(C)C)cc3)c3ccc(OC)cc23)CC1. The van der Waals surface area contributed by atoms with E-state index in [9.17, 15) is 8.42 Å². The Kier molecular flexibility index (Phi) is 7.12. The van der Waals surface area contributed by atoms with Gasteiger partial charge < -0.3 is 9.64 Å². The molecule has 0 unspecified atom stereocenters. The molecule has 0 N–H and O–H groups in total. The fraction of sp³-hybridized carbons (Fsp3) is 0.462. The van der Waals surface area contributed by atoms with E-state index < -0.39 is 10.0 Å². The van der Waals surface area contributed by atoms with Crippen LogP contribution in [0.5, 0.6) is 5.75 Å². The number of benzene rings is 2. The van der Waals surface area contributed by atoms with Crippen LogP contribution in [-0.2, 0) is 16.6 Å². The maximum atomic E-state index is 13.6. The topological polar surface area (TPSA) is 54.8 Å². The minimum absolute atomic E-state index is 0.305. The second-order valence-corrected chi connectivity index (χ2v) is 10.9. The number of methoxy groups -OCH3 is 1. The molecule has 0 atom stereocenters. The average Bonchev–Trinajstić information content (AvgIpc) is 3.02. The van der Waals surface area contributed by atoms with Gasteiger partial charge in [0.2, 0.25) is 0 Å². The molecule has 1 saturated heterocycles. The molecule has 0 saturated carbocycles. The molecule has 0 spiro atoms. The van der Waals surface area contributed by atoms with Gasteiger partial charge in [0.15, 0.2) is 0 Å². The van der Waals surface area contributed by atoms with Crippen molar-refractivity contribution in [3.8, 4) is 5.75 Å². The van der Waals surface area contributed by atoms with Gasteiger partial charge in [-0.25, -0.2) is 12.4 Å². The number of nitrogens with zero attached hydrogens (tertiary/aromatic N) is 3. The summed E-state index contributed by atoms with van der Waals surface area (Å²) in [4.78, 5) is 5.20. The maximum absolute atomic E-state index is 13.6. The zero-order chi connectivity index (χ0) is 23.6. The molecular weight excluding hydrogens is 434 g/mol. The van der Waals surface area contributed by atoms with Gasteiger partial charge in [-0.15, -0.1) is 0 Å². The zero-order valence-corrected chi connectivity index (χ0v) is 20.9. The second-order valence-electron chi connectivity index (χ2n) is 9.13. The van der Waals surface area contributed by atoms with Crippen LogP contribution in [0.2, 0.25) is 0 Å². The van der Waals surface area contributed by atoms with Crippen molar-refractivity contribution in [3.05, 3.63) is 59.8 Å². The van der Waals surface area contributed by atoms with Crippen LogP contribution in [0.4, 0.5) is 0 Å². The highest BCUT2D eigenvalue weighted by Gasteiger charge is 2.23. The van der Waals surface area contributed by atoms with Crippen LogP contribution in [0.15, 0.2) is 53.6 Å². The molecule has 0 aliphatic carbocycles. The summed E-state index contributed by atoms with van der Waals surface area (Å²) >= 11 is 0. The van der Waals surface area contributed by atoms with Gasteiger partial charge in [-0.3, -0.25) is 4.90 Å². The average molecular weight is 470 g/mol. The van der Waals surface area contributed by atoms with Gasteiger partial charge in [0.05, 0.1) is 17.5 Å². The van der Waals surface area contributed by atoms with Crippen molar-refractivity contribution >= 4 is 20.9 Å². The fourth-order valence-corrected chi connectivity index (χ4v) is 5.97. The molecule has 2 heterocycles. The first kappa shape index (κ1) is 23.8. The first-order valence-corrected chi connectivity index (χ1v) is 13.3. The Labute approximate surface area is 197 Å². The quantitative estimate of drug-likeness (QED) is 0.509. The Bertz CT molecular complexity index is 1200. The van der Waals surface area contributed by atoms with E-state index in [0.29, 0.717) is 16.3 Å². The van der Waals surface area contributed by atoms with E-state index in [2.05, 4.69) is 30.6 Å². The molecule has 1 aromatic heterocycles. The fourth-order valence-electron chi connectivity index (χ4n) is 4.57. The summed E-state index contributed by atoms with van der Waals surface area (Å²) in [5, 5.41) is 0.924. The number of hydrogen-bond donors (Lipinski definition) is 0. The molecule has 4 rings (SSSR count). The molecule has 0 bridgehead atoms. The molecule has 1 aliphatic rings. The van der Waals surface area contributed by atoms with Crippen LogP contribution in [0.25, 0.3) is 10.9 Å². The second kappa shape index (κ2) is 9.87. The van der Waals surface area contributed by atoms with Gasteiger partial charge in [0.25, 0.3) is 10.0 Å². The number of likely N-dealkylation sites (N-methyl/N-ethyl adjacent to an activating group) is 1. The normalized spacial score (nSPS) is 16.4. The molecule has 178 valence electrons. The lowest BCUT2D eigenvalue weighted by atomic mass is 10.0. The Morgan fingerprint density at radius 1 is 0.970 bits per heavy atom. The predicted molar refractivity (Wildman–Crippen MR) is 134 cm³/mol. The highest BCUT2D eigenvalue weighted by atomic mass is 32.2. The maximum Gasteiger partial charge on any atom is 0.268 e. The molecule has 0 radical (unpaired) electrons. The minimum atomic E-state index is -3.72.